The van der Waals surface area contributed by atoms with Crippen LogP contribution in [0.4, 0.5) is 18.0 Å². The maximum atomic E-state index is 12.4. The number of alkyl halides is 3. The molecular weight excluding hydrogens is 649 g/mol. The normalized spacial score (nSPS) is 20.1. The van der Waals surface area contributed by atoms with Crippen molar-refractivity contribution in [3.63, 3.8) is 0 Å². The van der Waals surface area contributed by atoms with Gasteiger partial charge in [0.2, 0.25) is 6.29 Å². The van der Waals surface area contributed by atoms with E-state index in [1.807, 2.05) is 60.7 Å². The Morgan fingerprint density at radius 1 is 0.878 bits per heavy atom. The number of esters is 2. The lowest BCUT2D eigenvalue weighted by Crippen LogP contribution is -2.44. The van der Waals surface area contributed by atoms with Crippen molar-refractivity contribution in [2.75, 3.05) is 27.3 Å². The quantitative estimate of drug-likeness (QED) is 0.210. The van der Waals surface area contributed by atoms with E-state index in [0.29, 0.717) is 46.0 Å². The first-order valence-electron chi connectivity index (χ1n) is 16.3. The molecule has 11 nitrogen and oxygen atoms in total. The van der Waals surface area contributed by atoms with Gasteiger partial charge in [-0.1, -0.05) is 74.5 Å². The van der Waals surface area contributed by atoms with Crippen LogP contribution in [0.15, 0.2) is 60.7 Å². The van der Waals surface area contributed by atoms with Crippen LogP contribution in [0.5, 0.6) is 0 Å². The van der Waals surface area contributed by atoms with Crippen molar-refractivity contribution in [1.29, 1.82) is 0 Å². The fourth-order valence-corrected chi connectivity index (χ4v) is 4.53. The Kier molecular flexibility index (Phi) is 18.4. The number of nitrogens with one attached hydrogen (secondary N) is 1. The summed E-state index contributed by atoms with van der Waals surface area (Å²) in [5, 5.41) is 3.09. The molecule has 2 aromatic carbocycles. The molecule has 0 aromatic heterocycles. The van der Waals surface area contributed by atoms with Crippen LogP contribution in [0, 0.1) is 0 Å². The molecule has 49 heavy (non-hydrogen) atoms. The van der Waals surface area contributed by atoms with Gasteiger partial charge in [-0.15, -0.1) is 0 Å². The molecule has 0 unspecified atom stereocenters. The molecule has 1 amide bonds. The number of rotatable bonds is 8. The zero-order valence-corrected chi connectivity index (χ0v) is 28.9. The van der Waals surface area contributed by atoms with Crippen molar-refractivity contribution in [3.05, 3.63) is 71.8 Å². The fourth-order valence-electron chi connectivity index (χ4n) is 4.53. The molecule has 0 radical (unpaired) electrons. The standard InChI is InChI=1S/C18H25NO5.C13H17NO3.C2HF3O.C2H6/c1-18(2,3)24-17(21)19-11-14(10-15(19)16(20)22-4)23-12-13-8-6-5-7-9-13;1-16-13(15)12-7-11(8-14-12)17-9-10-5-3-2-4-6-10;3-2(4,5)1-6;1-2/h5-9,14-15H,10-12H2,1-4H3;2-6,11-12,14H,7-9H2,1H3;1H;1-2H3/t14-,15+;11-,12+;;/m11../s1/i;;;1D. The number of hydrogen-bond donors (Lipinski definition) is 1. The summed E-state index contributed by atoms with van der Waals surface area (Å²) in [5.74, 6) is -0.664. The minimum Gasteiger partial charge on any atom is -0.468 e. The first-order valence-corrected chi connectivity index (χ1v) is 15.6. The van der Waals surface area contributed by atoms with E-state index in [1.165, 1.54) is 19.1 Å². The number of methoxy groups -OCH3 is 2. The molecular formula is C35H49F3N2O9. The number of halogens is 3. The molecule has 1 N–H and O–H groups in total. The first-order chi connectivity index (χ1) is 23.6. The second-order valence-corrected chi connectivity index (χ2v) is 11.6. The van der Waals surface area contributed by atoms with E-state index in [9.17, 15) is 27.6 Å². The highest BCUT2D eigenvalue weighted by atomic mass is 19.4. The molecule has 2 aromatic rings. The van der Waals surface area contributed by atoms with Gasteiger partial charge in [0.1, 0.15) is 17.7 Å². The van der Waals surface area contributed by atoms with Gasteiger partial charge in [0.15, 0.2) is 0 Å². The largest absolute Gasteiger partial charge is 0.468 e. The molecule has 0 saturated carbocycles. The Morgan fingerprint density at radius 3 is 1.78 bits per heavy atom. The Labute approximate surface area is 287 Å². The zero-order chi connectivity index (χ0) is 37.7. The number of carbonyl (C=O) groups excluding carboxylic acids is 4. The summed E-state index contributed by atoms with van der Waals surface area (Å²) in [6.07, 6.45) is -5.30. The number of carbonyl (C=O) groups is 4. The van der Waals surface area contributed by atoms with E-state index in [1.54, 1.807) is 27.7 Å². The van der Waals surface area contributed by atoms with Gasteiger partial charge < -0.3 is 29.0 Å². The predicted molar refractivity (Wildman–Crippen MR) is 175 cm³/mol. The molecule has 2 aliphatic heterocycles. The van der Waals surface area contributed by atoms with Crippen molar-refractivity contribution in [1.82, 2.24) is 10.2 Å². The Morgan fingerprint density at radius 2 is 1.35 bits per heavy atom. The van der Waals surface area contributed by atoms with Crippen LogP contribution >= 0.6 is 0 Å². The summed E-state index contributed by atoms with van der Waals surface area (Å²) in [5.41, 5.74) is 1.57. The molecule has 2 heterocycles. The first kappa shape index (κ1) is 41.2. The molecule has 4 atom stereocenters. The van der Waals surface area contributed by atoms with Crippen LogP contribution in [0.3, 0.4) is 0 Å². The number of amides is 1. The van der Waals surface area contributed by atoms with Crippen molar-refractivity contribution >= 4 is 24.3 Å². The predicted octanol–water partition coefficient (Wildman–Crippen LogP) is 5.63. The Hall–Kier alpha value is -4.01. The van der Waals surface area contributed by atoms with E-state index in [0.717, 1.165) is 11.1 Å². The van der Waals surface area contributed by atoms with Crippen molar-refractivity contribution in [2.24, 2.45) is 0 Å². The lowest BCUT2D eigenvalue weighted by atomic mass is 10.2. The summed E-state index contributed by atoms with van der Waals surface area (Å²) in [7, 11) is 2.72. The topological polar surface area (TPSA) is 130 Å². The average Bonchev–Trinajstić information content (AvgIpc) is 3.75. The van der Waals surface area contributed by atoms with Gasteiger partial charge in [0.25, 0.3) is 0 Å². The van der Waals surface area contributed by atoms with Crippen LogP contribution in [0.1, 0.15) is 59.9 Å². The van der Waals surface area contributed by atoms with Crippen LogP contribution < -0.4 is 5.32 Å². The molecule has 0 bridgehead atoms. The average molecular weight is 700 g/mol. The highest BCUT2D eigenvalue weighted by molar-refractivity contribution is 5.82. The molecule has 0 aliphatic carbocycles. The van der Waals surface area contributed by atoms with E-state index >= 15 is 0 Å². The smallest absolute Gasteiger partial charge is 0.446 e. The molecule has 14 heteroatoms. The molecule has 2 fully saturated rings. The van der Waals surface area contributed by atoms with E-state index < -0.39 is 36.2 Å². The lowest BCUT2D eigenvalue weighted by Gasteiger charge is -2.27. The summed E-state index contributed by atoms with van der Waals surface area (Å²) >= 11 is 0. The maximum absolute atomic E-state index is 12.4. The van der Waals surface area contributed by atoms with Crippen molar-refractivity contribution in [3.8, 4) is 0 Å². The monoisotopic (exact) mass is 699 g/mol. The van der Waals surface area contributed by atoms with Crippen LogP contribution in [0.2, 0.25) is 0 Å². The SMILES string of the molecule is COC(=O)[C@@H]1C[C@@H](OCc2ccccc2)CN1.COC(=O)[C@@H]1C[C@@H](OCc2ccccc2)CN1C(=O)OC(C)(C)C.O=CC(F)(F)F.[2H]CC. The van der Waals surface area contributed by atoms with Crippen molar-refractivity contribution < 1.29 is 57.4 Å². The van der Waals surface area contributed by atoms with Gasteiger partial charge in [-0.05, 0) is 31.9 Å². The zero-order valence-electron chi connectivity index (χ0n) is 29.9. The summed E-state index contributed by atoms with van der Waals surface area (Å²) in [6, 6.07) is 18.9. The second-order valence-electron chi connectivity index (χ2n) is 11.6. The third-order valence-electron chi connectivity index (χ3n) is 6.73. The van der Waals surface area contributed by atoms with Gasteiger partial charge in [0.05, 0.1) is 46.2 Å². The Balaban J connectivity index is 0.000000416. The van der Waals surface area contributed by atoms with Crippen molar-refractivity contribution in [2.45, 2.75) is 96.7 Å². The van der Waals surface area contributed by atoms with E-state index in [4.69, 9.17) is 25.1 Å². The maximum Gasteiger partial charge on any atom is 0.446 e. The second kappa shape index (κ2) is 21.9. The molecule has 4 rings (SSSR count). The number of likely N-dealkylation sites (tertiary alicyclic amines) is 1. The fraction of sp³-hybridized carbons (Fsp3) is 0.543. The molecule has 2 aliphatic rings. The molecule has 2 saturated heterocycles. The number of hydrogen-bond acceptors (Lipinski definition) is 10. The van der Waals surface area contributed by atoms with Gasteiger partial charge in [-0.2, -0.15) is 13.2 Å². The summed E-state index contributed by atoms with van der Waals surface area (Å²) < 4.78 is 64.0. The van der Waals surface area contributed by atoms with Crippen LogP contribution in [-0.4, -0.2) is 92.6 Å². The minimum atomic E-state index is -4.64. The number of ether oxygens (including phenoxy) is 5. The van der Waals surface area contributed by atoms with Crippen LogP contribution in [-0.2, 0) is 51.3 Å². The van der Waals surface area contributed by atoms with Gasteiger partial charge in [-0.25, -0.2) is 9.59 Å². The van der Waals surface area contributed by atoms with Crippen LogP contribution in [0.25, 0.3) is 0 Å². The van der Waals surface area contributed by atoms with E-state index in [2.05, 4.69) is 10.1 Å². The third kappa shape index (κ3) is 17.3. The molecule has 274 valence electrons. The highest BCUT2D eigenvalue weighted by Gasteiger charge is 2.42. The summed E-state index contributed by atoms with van der Waals surface area (Å²) in [6.45, 7) is 9.68. The third-order valence-corrected chi connectivity index (χ3v) is 6.73. The van der Waals surface area contributed by atoms with E-state index in [-0.39, 0.29) is 24.2 Å². The minimum absolute atomic E-state index is 0.0827. The lowest BCUT2D eigenvalue weighted by molar-refractivity contribution is -0.156. The number of aldehydes is 1. The van der Waals surface area contributed by atoms with Gasteiger partial charge in [-0.3, -0.25) is 14.5 Å². The van der Waals surface area contributed by atoms with Gasteiger partial charge in [0, 0.05) is 20.8 Å². The summed E-state index contributed by atoms with van der Waals surface area (Å²) in [4.78, 5) is 45.7. The van der Waals surface area contributed by atoms with Gasteiger partial charge >= 0.3 is 24.2 Å². The number of benzene rings is 2. The molecule has 0 spiro atoms. The highest BCUT2D eigenvalue weighted by Crippen LogP contribution is 2.25. The Bertz CT molecular complexity index is 1280. The number of nitrogens with zero attached hydrogens (tertiary/aromatic N) is 1.